The van der Waals surface area contributed by atoms with Crippen molar-refractivity contribution in [3.63, 3.8) is 0 Å². The van der Waals surface area contributed by atoms with Crippen LogP contribution in [0.4, 0.5) is 5.69 Å². The number of hydrogen-bond acceptors (Lipinski definition) is 4. The first-order valence-corrected chi connectivity index (χ1v) is 9.53. The van der Waals surface area contributed by atoms with Crippen LogP contribution in [-0.4, -0.2) is 42.1 Å². The number of nitrogens with two attached hydrogens (primary N) is 1. The third-order valence-electron chi connectivity index (χ3n) is 5.25. The second-order valence-corrected chi connectivity index (χ2v) is 7.72. The number of para-hydroxylation sites is 1. The predicted molar refractivity (Wildman–Crippen MR) is 115 cm³/mol. The minimum Gasteiger partial charge on any atom is -0.373 e. The zero-order valence-corrected chi connectivity index (χ0v) is 17.9. The zero-order chi connectivity index (χ0) is 17.8. The van der Waals surface area contributed by atoms with Crippen molar-refractivity contribution in [2.45, 2.75) is 64.3 Å². The van der Waals surface area contributed by atoms with Gasteiger partial charge in [-0.15, -0.1) is 24.8 Å². The zero-order valence-electron chi connectivity index (χ0n) is 16.2. The number of rotatable bonds is 4. The van der Waals surface area contributed by atoms with Crippen LogP contribution < -0.4 is 11.1 Å². The molecule has 0 radical (unpaired) electrons. The van der Waals surface area contributed by atoms with Crippen molar-refractivity contribution in [1.82, 2.24) is 4.90 Å². The van der Waals surface area contributed by atoms with Crippen LogP contribution in [0.3, 0.4) is 0 Å². The minimum absolute atomic E-state index is 0. The molecule has 0 spiro atoms. The number of ether oxygens (including phenoxy) is 1. The summed E-state index contributed by atoms with van der Waals surface area (Å²) >= 11 is 0. The lowest BCUT2D eigenvalue weighted by Crippen LogP contribution is -2.44. The number of halogens is 2. The van der Waals surface area contributed by atoms with E-state index in [9.17, 15) is 4.79 Å². The summed E-state index contributed by atoms with van der Waals surface area (Å²) in [6.45, 7) is 6.90. The molecule has 1 aromatic rings. The summed E-state index contributed by atoms with van der Waals surface area (Å²) in [7, 11) is 0. The summed E-state index contributed by atoms with van der Waals surface area (Å²) in [4.78, 5) is 15.1. The van der Waals surface area contributed by atoms with Crippen molar-refractivity contribution >= 4 is 36.4 Å². The highest BCUT2D eigenvalue weighted by Crippen LogP contribution is 2.26. The lowest BCUT2D eigenvalue weighted by molar-refractivity contribution is -0.120. The molecule has 154 valence electrons. The Kier molecular flexibility index (Phi) is 10.1. The molecule has 1 aromatic carbocycles. The average molecular weight is 418 g/mol. The number of hydrogen-bond donors (Lipinski definition) is 2. The molecule has 1 aliphatic heterocycles. The number of amides is 1. The lowest BCUT2D eigenvalue weighted by atomic mass is 9.85. The highest BCUT2D eigenvalue weighted by Gasteiger charge is 2.26. The first kappa shape index (κ1) is 24.2. The minimum atomic E-state index is 0. The van der Waals surface area contributed by atoms with Crippen LogP contribution in [-0.2, 0) is 16.1 Å². The summed E-state index contributed by atoms with van der Waals surface area (Å²) in [5.74, 6) is 0.159. The van der Waals surface area contributed by atoms with E-state index in [1.165, 1.54) is 0 Å². The van der Waals surface area contributed by atoms with E-state index >= 15 is 0 Å². The van der Waals surface area contributed by atoms with Gasteiger partial charge < -0.3 is 15.8 Å². The largest absolute Gasteiger partial charge is 0.373 e. The summed E-state index contributed by atoms with van der Waals surface area (Å²) in [6.07, 6.45) is 4.31. The molecule has 27 heavy (non-hydrogen) atoms. The van der Waals surface area contributed by atoms with Crippen LogP contribution in [0, 0.1) is 5.92 Å². The van der Waals surface area contributed by atoms with Gasteiger partial charge in [-0.05, 0) is 44.7 Å². The third-order valence-corrected chi connectivity index (χ3v) is 5.25. The van der Waals surface area contributed by atoms with E-state index in [0.29, 0.717) is 0 Å². The molecular weight excluding hydrogens is 385 g/mol. The molecule has 5 nitrogen and oxygen atoms in total. The summed E-state index contributed by atoms with van der Waals surface area (Å²) < 4.78 is 5.82. The second kappa shape index (κ2) is 11.2. The molecular formula is C20H33Cl2N3O2. The predicted octanol–water partition coefficient (Wildman–Crippen LogP) is 3.60. The molecule has 1 saturated carbocycles. The molecule has 1 amide bonds. The smallest absolute Gasteiger partial charge is 0.227 e. The maximum absolute atomic E-state index is 12.7. The topological polar surface area (TPSA) is 67.6 Å². The molecule has 1 aliphatic carbocycles. The number of carbonyl (C=O) groups excluding carboxylic acids is 1. The van der Waals surface area contributed by atoms with E-state index in [4.69, 9.17) is 10.5 Å². The van der Waals surface area contributed by atoms with E-state index < -0.39 is 0 Å². The van der Waals surface area contributed by atoms with E-state index in [0.717, 1.165) is 56.6 Å². The molecule has 0 aromatic heterocycles. The second-order valence-electron chi connectivity index (χ2n) is 7.72. The van der Waals surface area contributed by atoms with Crippen LogP contribution in [0.1, 0.15) is 45.1 Å². The molecule has 1 heterocycles. The molecule has 4 unspecified atom stereocenters. The van der Waals surface area contributed by atoms with Crippen molar-refractivity contribution in [3.8, 4) is 0 Å². The fourth-order valence-electron chi connectivity index (χ4n) is 4.14. The maximum Gasteiger partial charge on any atom is 0.227 e. The van der Waals surface area contributed by atoms with Crippen molar-refractivity contribution in [2.24, 2.45) is 11.7 Å². The van der Waals surface area contributed by atoms with Crippen molar-refractivity contribution in [1.29, 1.82) is 0 Å². The molecule has 2 fully saturated rings. The molecule has 7 heteroatoms. The molecule has 2 aliphatic rings. The van der Waals surface area contributed by atoms with Crippen LogP contribution in [0.25, 0.3) is 0 Å². The monoisotopic (exact) mass is 417 g/mol. The Bertz CT molecular complexity index is 592. The van der Waals surface area contributed by atoms with Gasteiger partial charge in [0.25, 0.3) is 0 Å². The number of anilines is 1. The molecule has 3 rings (SSSR count). The fraction of sp³-hybridized carbons (Fsp3) is 0.650. The first-order chi connectivity index (χ1) is 12.0. The SMILES string of the molecule is CC1CN(Cc2ccccc2NC(=O)C2CCCC(N)C2)CC(C)O1.Cl.Cl. The Morgan fingerprint density at radius 2 is 1.85 bits per heavy atom. The van der Waals surface area contributed by atoms with Crippen molar-refractivity contribution in [2.75, 3.05) is 18.4 Å². The molecule has 4 atom stereocenters. The van der Waals surface area contributed by atoms with Gasteiger partial charge in [0.15, 0.2) is 0 Å². The van der Waals surface area contributed by atoms with Crippen LogP contribution >= 0.6 is 24.8 Å². The molecule has 3 N–H and O–H groups in total. The van der Waals surface area contributed by atoms with Crippen LogP contribution in [0.5, 0.6) is 0 Å². The van der Waals surface area contributed by atoms with Gasteiger partial charge in [0.2, 0.25) is 5.91 Å². The number of nitrogens with one attached hydrogen (secondary N) is 1. The van der Waals surface area contributed by atoms with Gasteiger partial charge in [0.05, 0.1) is 12.2 Å². The van der Waals surface area contributed by atoms with Gasteiger partial charge in [0, 0.05) is 37.3 Å². The Morgan fingerprint density at radius 3 is 2.52 bits per heavy atom. The Hall–Kier alpha value is -0.850. The standard InChI is InChI=1S/C20H31N3O2.2ClH/c1-14-11-23(12-15(2)25-14)13-17-6-3-4-9-19(17)22-20(24)16-7-5-8-18(21)10-16;;/h3-4,6,9,14-16,18H,5,7-8,10-13,21H2,1-2H3,(H,22,24);2*1H. The lowest BCUT2D eigenvalue weighted by Gasteiger charge is -2.35. The molecule has 1 saturated heterocycles. The Balaban J connectivity index is 0.00000182. The van der Waals surface area contributed by atoms with E-state index in [1.807, 2.05) is 18.2 Å². The van der Waals surface area contributed by atoms with Gasteiger partial charge in [-0.3, -0.25) is 9.69 Å². The highest BCUT2D eigenvalue weighted by atomic mass is 35.5. The first-order valence-electron chi connectivity index (χ1n) is 9.53. The van der Waals surface area contributed by atoms with Gasteiger partial charge in [0.1, 0.15) is 0 Å². The van der Waals surface area contributed by atoms with Crippen molar-refractivity contribution < 1.29 is 9.53 Å². The fourth-order valence-corrected chi connectivity index (χ4v) is 4.14. The summed E-state index contributed by atoms with van der Waals surface area (Å²) in [6, 6.07) is 8.29. The van der Waals surface area contributed by atoms with Crippen LogP contribution in [0.15, 0.2) is 24.3 Å². The van der Waals surface area contributed by atoms with Gasteiger partial charge in [-0.1, -0.05) is 24.6 Å². The van der Waals surface area contributed by atoms with Crippen molar-refractivity contribution in [3.05, 3.63) is 29.8 Å². The summed E-state index contributed by atoms with van der Waals surface area (Å²) in [5, 5.41) is 3.16. The Labute approximate surface area is 175 Å². The Morgan fingerprint density at radius 1 is 1.19 bits per heavy atom. The third kappa shape index (κ3) is 6.91. The number of morpholine rings is 1. The van der Waals surface area contributed by atoms with E-state index in [-0.39, 0.29) is 54.9 Å². The number of benzene rings is 1. The van der Waals surface area contributed by atoms with Gasteiger partial charge >= 0.3 is 0 Å². The normalized spacial score (nSPS) is 28.6. The number of nitrogens with zero attached hydrogens (tertiary/aromatic N) is 1. The average Bonchev–Trinajstić information content (AvgIpc) is 2.55. The van der Waals surface area contributed by atoms with Crippen LogP contribution in [0.2, 0.25) is 0 Å². The highest BCUT2D eigenvalue weighted by molar-refractivity contribution is 5.93. The maximum atomic E-state index is 12.7. The quantitative estimate of drug-likeness (QED) is 0.784. The number of carbonyl (C=O) groups is 1. The summed E-state index contributed by atoms with van der Waals surface area (Å²) in [5.41, 5.74) is 8.13. The van der Waals surface area contributed by atoms with Gasteiger partial charge in [-0.2, -0.15) is 0 Å². The molecule has 0 bridgehead atoms. The van der Waals surface area contributed by atoms with E-state index in [1.54, 1.807) is 0 Å². The van der Waals surface area contributed by atoms with Gasteiger partial charge in [-0.25, -0.2) is 0 Å². The van der Waals surface area contributed by atoms with E-state index in [2.05, 4.69) is 30.1 Å².